The Kier molecular flexibility index (Phi) is 9.65. The number of hydrogen-bond acceptors (Lipinski definition) is 8. The molecule has 4 rings (SSSR count). The monoisotopic (exact) mass is 555 g/mol. The van der Waals surface area contributed by atoms with E-state index in [0.29, 0.717) is 59.4 Å². The quantitative estimate of drug-likeness (QED) is 0.143. The van der Waals surface area contributed by atoms with E-state index in [9.17, 15) is 9.59 Å². The molecule has 10 heteroatoms. The van der Waals surface area contributed by atoms with Gasteiger partial charge in [-0.05, 0) is 50.5 Å². The lowest BCUT2D eigenvalue weighted by Crippen LogP contribution is -2.28. The van der Waals surface area contributed by atoms with Gasteiger partial charge in [0.25, 0.3) is 5.56 Å². The summed E-state index contributed by atoms with van der Waals surface area (Å²) in [5, 5.41) is 4.47. The Balaban J connectivity index is 1.45. The molecule has 0 fully saturated rings. The number of fused-ring (bicyclic) bond motifs is 3. The standard InChI is InChI=1S/C28H33N3O5S2/c1-18(2)36-15-7-14-31-27(33)26-25(20-8-5-6-9-23(20)38-26)30-28(31)37-17-24(32)29-13-12-19-10-11-21(34-3)22(16-19)35-4/h5-6,8-11,16,18H,7,12-15,17H2,1-4H3,(H,29,32). The summed E-state index contributed by atoms with van der Waals surface area (Å²) in [6.07, 6.45) is 1.47. The third-order valence-corrected chi connectivity index (χ3v) is 8.06. The van der Waals surface area contributed by atoms with Crippen molar-refractivity contribution in [3.63, 3.8) is 0 Å². The summed E-state index contributed by atoms with van der Waals surface area (Å²) < 4.78 is 19.6. The number of benzene rings is 2. The highest BCUT2D eigenvalue weighted by Crippen LogP contribution is 2.32. The van der Waals surface area contributed by atoms with E-state index in [1.807, 2.05) is 56.3 Å². The number of rotatable bonds is 13. The Bertz CT molecular complexity index is 1460. The molecule has 0 bridgehead atoms. The zero-order valence-electron chi connectivity index (χ0n) is 22.1. The smallest absolute Gasteiger partial charge is 0.272 e. The number of aromatic nitrogens is 2. The predicted octanol–water partition coefficient (Wildman–Crippen LogP) is 4.89. The van der Waals surface area contributed by atoms with Gasteiger partial charge in [0, 0.05) is 29.8 Å². The third-order valence-electron chi connectivity index (χ3n) is 5.94. The van der Waals surface area contributed by atoms with Crippen molar-refractivity contribution >= 4 is 49.3 Å². The molecule has 0 aliphatic carbocycles. The largest absolute Gasteiger partial charge is 0.493 e. The van der Waals surface area contributed by atoms with Crippen molar-refractivity contribution in [3.05, 3.63) is 58.4 Å². The van der Waals surface area contributed by atoms with Crippen molar-refractivity contribution in [2.45, 2.75) is 44.5 Å². The number of nitrogens with one attached hydrogen (secondary N) is 1. The van der Waals surface area contributed by atoms with Crippen LogP contribution in [0.5, 0.6) is 11.5 Å². The first kappa shape index (κ1) is 27.9. The van der Waals surface area contributed by atoms with Crippen molar-refractivity contribution in [2.24, 2.45) is 0 Å². The van der Waals surface area contributed by atoms with Crippen LogP contribution in [-0.2, 0) is 22.5 Å². The average Bonchev–Trinajstić information content (AvgIpc) is 3.29. The van der Waals surface area contributed by atoms with E-state index in [-0.39, 0.29) is 23.3 Å². The number of methoxy groups -OCH3 is 2. The molecule has 0 saturated carbocycles. The summed E-state index contributed by atoms with van der Waals surface area (Å²) >= 11 is 2.75. The molecule has 0 spiro atoms. The van der Waals surface area contributed by atoms with Gasteiger partial charge in [0.2, 0.25) is 5.91 Å². The third kappa shape index (κ3) is 6.67. The fourth-order valence-corrected chi connectivity index (χ4v) is 6.00. The van der Waals surface area contributed by atoms with Crippen LogP contribution < -0.4 is 20.3 Å². The molecule has 2 aromatic heterocycles. The van der Waals surface area contributed by atoms with Crippen LogP contribution in [0.2, 0.25) is 0 Å². The Morgan fingerprint density at radius 2 is 1.92 bits per heavy atom. The van der Waals surface area contributed by atoms with Gasteiger partial charge in [-0.2, -0.15) is 0 Å². The molecular formula is C28H33N3O5S2. The van der Waals surface area contributed by atoms with Gasteiger partial charge in [0.15, 0.2) is 16.7 Å². The molecule has 0 saturated heterocycles. The highest BCUT2D eigenvalue weighted by atomic mass is 32.2. The van der Waals surface area contributed by atoms with Crippen molar-refractivity contribution in [1.29, 1.82) is 0 Å². The van der Waals surface area contributed by atoms with Crippen molar-refractivity contribution in [3.8, 4) is 11.5 Å². The number of thioether (sulfide) groups is 1. The van der Waals surface area contributed by atoms with E-state index in [0.717, 1.165) is 15.6 Å². The maximum atomic E-state index is 13.5. The van der Waals surface area contributed by atoms with Crippen LogP contribution in [0.1, 0.15) is 25.8 Å². The molecule has 0 atom stereocenters. The van der Waals surface area contributed by atoms with Gasteiger partial charge >= 0.3 is 0 Å². The maximum absolute atomic E-state index is 13.5. The van der Waals surface area contributed by atoms with Crippen LogP contribution in [-0.4, -0.2) is 54.7 Å². The second-order valence-corrected chi connectivity index (χ2v) is 11.0. The molecule has 4 aromatic rings. The molecule has 0 unspecified atom stereocenters. The van der Waals surface area contributed by atoms with Gasteiger partial charge < -0.3 is 19.5 Å². The van der Waals surface area contributed by atoms with Crippen LogP contribution in [0, 0.1) is 0 Å². The summed E-state index contributed by atoms with van der Waals surface area (Å²) in [5.41, 5.74) is 1.66. The predicted molar refractivity (Wildman–Crippen MR) is 154 cm³/mol. The first-order valence-electron chi connectivity index (χ1n) is 12.5. The molecule has 0 radical (unpaired) electrons. The Morgan fingerprint density at radius 1 is 1.13 bits per heavy atom. The van der Waals surface area contributed by atoms with Gasteiger partial charge in [-0.1, -0.05) is 36.0 Å². The second kappa shape index (κ2) is 13.1. The number of amides is 1. The Labute approximate surface area is 230 Å². The zero-order chi connectivity index (χ0) is 27.1. The fourth-order valence-electron chi connectivity index (χ4n) is 4.07. The summed E-state index contributed by atoms with van der Waals surface area (Å²) in [6, 6.07) is 13.6. The number of nitrogens with zero attached hydrogens (tertiary/aromatic N) is 2. The Morgan fingerprint density at radius 3 is 2.68 bits per heavy atom. The van der Waals surface area contributed by atoms with Gasteiger partial charge in [-0.25, -0.2) is 4.98 Å². The minimum absolute atomic E-state index is 0.0721. The molecular weight excluding hydrogens is 522 g/mol. The summed E-state index contributed by atoms with van der Waals surface area (Å²) in [4.78, 5) is 31.0. The number of carbonyl (C=O) groups is 1. The van der Waals surface area contributed by atoms with E-state index in [1.165, 1.54) is 23.1 Å². The first-order valence-corrected chi connectivity index (χ1v) is 14.4. The van der Waals surface area contributed by atoms with Crippen LogP contribution in [0.4, 0.5) is 0 Å². The SMILES string of the molecule is COc1ccc(CCNC(=O)CSc2nc3c(sc4ccccc43)c(=O)n2CCCOC(C)C)cc1OC. The van der Waals surface area contributed by atoms with Crippen LogP contribution in [0.15, 0.2) is 52.4 Å². The lowest BCUT2D eigenvalue weighted by molar-refractivity contribution is -0.118. The molecule has 38 heavy (non-hydrogen) atoms. The summed E-state index contributed by atoms with van der Waals surface area (Å²) in [6.45, 7) is 5.49. The van der Waals surface area contributed by atoms with Gasteiger partial charge in [-0.3, -0.25) is 14.2 Å². The topological polar surface area (TPSA) is 91.7 Å². The summed E-state index contributed by atoms with van der Waals surface area (Å²) in [5.74, 6) is 1.37. The van der Waals surface area contributed by atoms with Crippen molar-refractivity contribution in [1.82, 2.24) is 14.9 Å². The van der Waals surface area contributed by atoms with Gasteiger partial charge in [0.1, 0.15) is 4.70 Å². The van der Waals surface area contributed by atoms with E-state index in [4.69, 9.17) is 19.2 Å². The van der Waals surface area contributed by atoms with E-state index < -0.39 is 0 Å². The van der Waals surface area contributed by atoms with Crippen molar-refractivity contribution in [2.75, 3.05) is 33.1 Å². The van der Waals surface area contributed by atoms with Crippen LogP contribution in [0.25, 0.3) is 20.3 Å². The fraction of sp³-hybridized carbons (Fsp3) is 0.393. The highest BCUT2D eigenvalue weighted by molar-refractivity contribution is 7.99. The normalized spacial score (nSPS) is 11.4. The second-order valence-electron chi connectivity index (χ2n) is 8.98. The first-order chi connectivity index (χ1) is 18.4. The number of hydrogen-bond donors (Lipinski definition) is 1. The van der Waals surface area contributed by atoms with Crippen molar-refractivity contribution < 1.29 is 19.0 Å². The summed E-state index contributed by atoms with van der Waals surface area (Å²) in [7, 11) is 3.20. The molecule has 202 valence electrons. The van der Waals surface area contributed by atoms with E-state index in [2.05, 4.69) is 5.32 Å². The molecule has 1 amide bonds. The average molecular weight is 556 g/mol. The molecule has 1 N–H and O–H groups in total. The number of thiophene rings is 1. The minimum Gasteiger partial charge on any atom is -0.493 e. The lowest BCUT2D eigenvalue weighted by atomic mass is 10.1. The van der Waals surface area contributed by atoms with Gasteiger partial charge in [0.05, 0.1) is 31.6 Å². The number of carbonyl (C=O) groups excluding carboxylic acids is 1. The minimum atomic E-state index is -0.116. The molecule has 8 nitrogen and oxygen atoms in total. The lowest BCUT2D eigenvalue weighted by Gasteiger charge is -2.13. The van der Waals surface area contributed by atoms with E-state index >= 15 is 0 Å². The van der Waals surface area contributed by atoms with Gasteiger partial charge in [-0.15, -0.1) is 11.3 Å². The van der Waals surface area contributed by atoms with Crippen LogP contribution in [0.3, 0.4) is 0 Å². The Hall–Kier alpha value is -3.08. The highest BCUT2D eigenvalue weighted by Gasteiger charge is 2.17. The van der Waals surface area contributed by atoms with E-state index in [1.54, 1.807) is 18.8 Å². The zero-order valence-corrected chi connectivity index (χ0v) is 23.7. The number of ether oxygens (including phenoxy) is 3. The molecule has 0 aliphatic heterocycles. The maximum Gasteiger partial charge on any atom is 0.272 e. The molecule has 2 aromatic carbocycles. The van der Waals surface area contributed by atoms with Crippen LogP contribution >= 0.6 is 23.1 Å². The molecule has 2 heterocycles. The molecule has 0 aliphatic rings.